The van der Waals surface area contributed by atoms with Crippen LogP contribution in [0.15, 0.2) is 5.38 Å². The number of hydrogen-bond donors (Lipinski definition) is 1. The quantitative estimate of drug-likeness (QED) is 0.847. The Labute approximate surface area is 120 Å². The molecule has 0 atom stereocenters. The van der Waals surface area contributed by atoms with Crippen molar-refractivity contribution in [1.29, 1.82) is 0 Å². The van der Waals surface area contributed by atoms with Crippen LogP contribution >= 0.6 is 11.3 Å². The van der Waals surface area contributed by atoms with Gasteiger partial charge in [0.25, 0.3) is 5.91 Å². The minimum Gasteiger partial charge on any atom is -0.375 e. The molecule has 0 aromatic carbocycles. The summed E-state index contributed by atoms with van der Waals surface area (Å²) in [5, 5.41) is 8.44. The van der Waals surface area contributed by atoms with Crippen LogP contribution in [0.2, 0.25) is 0 Å². The first-order chi connectivity index (χ1) is 9.86. The molecule has 0 radical (unpaired) electrons. The second kappa shape index (κ2) is 4.69. The lowest BCUT2D eigenvalue weighted by Crippen LogP contribution is -2.39. The highest BCUT2D eigenvalue weighted by Gasteiger charge is 2.40. The van der Waals surface area contributed by atoms with Crippen LogP contribution in [-0.2, 0) is 19.3 Å². The molecule has 21 heavy (non-hydrogen) atoms. The number of carbonyl (C=O) groups is 1. The maximum Gasteiger partial charge on any atom is 0.451 e. The Morgan fingerprint density at radius 2 is 2.10 bits per heavy atom. The van der Waals surface area contributed by atoms with E-state index >= 15 is 0 Å². The average Bonchev–Trinajstić information content (AvgIpc) is 3.02. The lowest BCUT2D eigenvalue weighted by Gasteiger charge is -2.27. The second-order valence-corrected chi connectivity index (χ2v) is 5.28. The smallest absolute Gasteiger partial charge is 0.375 e. The normalized spacial score (nSPS) is 15.1. The van der Waals surface area contributed by atoms with Crippen LogP contribution in [0, 0.1) is 0 Å². The van der Waals surface area contributed by atoms with Crippen molar-refractivity contribution in [3.05, 3.63) is 22.7 Å². The minimum absolute atomic E-state index is 0.0114. The van der Waals surface area contributed by atoms with Gasteiger partial charge in [-0.1, -0.05) is 0 Å². The van der Waals surface area contributed by atoms with Crippen molar-refractivity contribution < 1.29 is 18.0 Å². The van der Waals surface area contributed by atoms with E-state index in [1.807, 2.05) is 0 Å². The molecule has 0 fully saturated rings. The van der Waals surface area contributed by atoms with Gasteiger partial charge in [0, 0.05) is 18.5 Å². The second-order valence-electron chi connectivity index (χ2n) is 4.39. The van der Waals surface area contributed by atoms with E-state index in [-0.39, 0.29) is 42.2 Å². The van der Waals surface area contributed by atoms with Crippen LogP contribution in [0.1, 0.15) is 22.1 Å². The Kier molecular flexibility index (Phi) is 3.08. The number of nitrogens with two attached hydrogens (primary N) is 1. The van der Waals surface area contributed by atoms with Gasteiger partial charge in [-0.05, 0) is 0 Å². The number of rotatable bonds is 1. The van der Waals surface area contributed by atoms with Crippen LogP contribution in [0.25, 0.3) is 0 Å². The van der Waals surface area contributed by atoms with Crippen LogP contribution in [-0.4, -0.2) is 37.1 Å². The van der Waals surface area contributed by atoms with Crippen molar-refractivity contribution in [3.63, 3.8) is 0 Å². The number of fused-ring (bicyclic) bond motifs is 1. The predicted octanol–water partition coefficient (Wildman–Crippen LogP) is 0.992. The molecule has 0 saturated carbocycles. The number of thiazole rings is 1. The Morgan fingerprint density at radius 3 is 2.71 bits per heavy atom. The van der Waals surface area contributed by atoms with Gasteiger partial charge in [-0.15, -0.1) is 21.5 Å². The third-order valence-electron chi connectivity index (χ3n) is 3.04. The number of nitrogen functional groups attached to an aromatic ring is 1. The van der Waals surface area contributed by atoms with Gasteiger partial charge in [0.15, 0.2) is 11.0 Å². The molecule has 0 bridgehead atoms. The summed E-state index contributed by atoms with van der Waals surface area (Å²) < 4.78 is 39.1. The van der Waals surface area contributed by atoms with Gasteiger partial charge in [0.2, 0.25) is 5.82 Å². The van der Waals surface area contributed by atoms with Gasteiger partial charge in [-0.2, -0.15) is 13.2 Å². The molecule has 11 heteroatoms. The van der Waals surface area contributed by atoms with E-state index < -0.39 is 12.0 Å². The molecule has 0 spiro atoms. The third-order valence-corrected chi connectivity index (χ3v) is 3.71. The van der Waals surface area contributed by atoms with E-state index in [2.05, 4.69) is 15.2 Å². The van der Waals surface area contributed by atoms with Crippen molar-refractivity contribution in [2.24, 2.45) is 0 Å². The molecule has 3 heterocycles. The number of hydrogen-bond acceptors (Lipinski definition) is 6. The zero-order valence-electron chi connectivity index (χ0n) is 10.5. The topological polar surface area (TPSA) is 89.9 Å². The van der Waals surface area contributed by atoms with Gasteiger partial charge in [-0.25, -0.2) is 4.98 Å². The molecule has 3 rings (SSSR count). The molecule has 0 aliphatic carbocycles. The SMILES string of the molecule is Nc1nc(C(=O)N2CCn3c(nnc3C(F)(F)F)C2)cs1. The molecule has 2 aromatic rings. The average molecular weight is 318 g/mol. The summed E-state index contributed by atoms with van der Waals surface area (Å²) in [4.78, 5) is 17.4. The molecular formula is C10H9F3N6OS. The van der Waals surface area contributed by atoms with Gasteiger partial charge in [0.05, 0.1) is 6.54 Å². The van der Waals surface area contributed by atoms with Crippen molar-refractivity contribution in [1.82, 2.24) is 24.6 Å². The first kappa shape index (κ1) is 13.8. The number of nitrogens with zero attached hydrogens (tertiary/aromatic N) is 5. The third kappa shape index (κ3) is 2.44. The highest BCUT2D eigenvalue weighted by Crippen LogP contribution is 2.29. The summed E-state index contributed by atoms with van der Waals surface area (Å²) in [6.07, 6.45) is -4.55. The summed E-state index contributed by atoms with van der Waals surface area (Å²) in [5.74, 6) is -1.32. The van der Waals surface area contributed by atoms with Crippen molar-refractivity contribution in [3.8, 4) is 0 Å². The Morgan fingerprint density at radius 1 is 1.33 bits per heavy atom. The highest BCUT2D eigenvalue weighted by molar-refractivity contribution is 7.13. The molecule has 2 aromatic heterocycles. The van der Waals surface area contributed by atoms with Crippen molar-refractivity contribution in [2.45, 2.75) is 19.3 Å². The zero-order chi connectivity index (χ0) is 15.2. The summed E-state index contributed by atoms with van der Waals surface area (Å²) in [6.45, 7) is 0.0757. The van der Waals surface area contributed by atoms with E-state index in [9.17, 15) is 18.0 Å². The lowest BCUT2D eigenvalue weighted by molar-refractivity contribution is -0.147. The van der Waals surface area contributed by atoms with Crippen LogP contribution in [0.4, 0.5) is 18.3 Å². The Balaban J connectivity index is 1.82. The fourth-order valence-corrected chi connectivity index (χ4v) is 2.63. The summed E-state index contributed by atoms with van der Waals surface area (Å²) in [6, 6.07) is 0. The van der Waals surface area contributed by atoms with Crippen LogP contribution < -0.4 is 5.73 Å². The van der Waals surface area contributed by atoms with E-state index in [1.165, 1.54) is 10.3 Å². The molecule has 0 saturated heterocycles. The molecule has 112 valence electrons. The van der Waals surface area contributed by atoms with Gasteiger partial charge in [-0.3, -0.25) is 4.79 Å². The number of alkyl halides is 3. The van der Waals surface area contributed by atoms with Gasteiger partial charge in [0.1, 0.15) is 5.69 Å². The number of aromatic nitrogens is 4. The minimum atomic E-state index is -4.55. The molecule has 1 amide bonds. The monoisotopic (exact) mass is 318 g/mol. The zero-order valence-corrected chi connectivity index (χ0v) is 11.3. The molecule has 7 nitrogen and oxygen atoms in total. The fourth-order valence-electron chi connectivity index (χ4n) is 2.09. The highest BCUT2D eigenvalue weighted by atomic mass is 32.1. The molecule has 0 unspecified atom stereocenters. The van der Waals surface area contributed by atoms with E-state index in [4.69, 9.17) is 5.73 Å². The summed E-state index contributed by atoms with van der Waals surface area (Å²) >= 11 is 1.13. The predicted molar refractivity (Wildman–Crippen MR) is 66.3 cm³/mol. The van der Waals surface area contributed by atoms with E-state index in [0.29, 0.717) is 0 Å². The van der Waals surface area contributed by atoms with Crippen molar-refractivity contribution >= 4 is 22.4 Å². The summed E-state index contributed by atoms with van der Waals surface area (Å²) in [7, 11) is 0. The van der Waals surface area contributed by atoms with Crippen molar-refractivity contribution in [2.75, 3.05) is 12.3 Å². The number of carbonyl (C=O) groups excluding carboxylic acids is 1. The maximum atomic E-state index is 12.7. The molecule has 2 N–H and O–H groups in total. The standard InChI is InChI=1S/C10H9F3N6OS/c11-10(12,13)8-17-16-6-3-18(1-2-19(6)8)7(20)5-4-21-9(14)15-5/h4H,1-3H2,(H2,14,15). The van der Waals surface area contributed by atoms with Crippen LogP contribution in [0.3, 0.4) is 0 Å². The largest absolute Gasteiger partial charge is 0.451 e. The van der Waals surface area contributed by atoms with Crippen LogP contribution in [0.5, 0.6) is 0 Å². The Hall–Kier alpha value is -2.17. The van der Waals surface area contributed by atoms with E-state index in [1.54, 1.807) is 0 Å². The molecule has 1 aliphatic heterocycles. The Bertz CT molecular complexity index is 693. The number of anilines is 1. The summed E-state index contributed by atoms with van der Waals surface area (Å²) in [5.41, 5.74) is 5.64. The molecular weight excluding hydrogens is 309 g/mol. The molecule has 1 aliphatic rings. The van der Waals surface area contributed by atoms with Gasteiger partial charge >= 0.3 is 6.18 Å². The van der Waals surface area contributed by atoms with E-state index in [0.717, 1.165) is 15.9 Å². The number of halogens is 3. The first-order valence-electron chi connectivity index (χ1n) is 5.86. The van der Waals surface area contributed by atoms with Gasteiger partial charge < -0.3 is 15.2 Å². The number of amides is 1. The lowest BCUT2D eigenvalue weighted by atomic mass is 10.3. The first-order valence-corrected chi connectivity index (χ1v) is 6.74. The maximum absolute atomic E-state index is 12.7. The fraction of sp³-hybridized carbons (Fsp3) is 0.400.